The van der Waals surface area contributed by atoms with E-state index < -0.39 is 0 Å². The largest absolute Gasteiger partial charge is 0.385 e. The van der Waals surface area contributed by atoms with Crippen LogP contribution in [0, 0.1) is 0 Å². The highest BCUT2D eigenvalue weighted by Gasteiger charge is 2.10. The standard InChI is InChI=1S/C18H16N2/c1-3-15-12-19-10-8-17(15)16(5-1)13-6-7-18-14(11-13)4-2-9-20-18/h1,3,5-8,10-12,20H,2,4,9H2. The molecule has 0 radical (unpaired) electrons. The Bertz CT molecular complexity index is 772. The fourth-order valence-electron chi connectivity index (χ4n) is 3.02. The SMILES string of the molecule is c1cc(-c2ccc3c(c2)CCCN3)c2ccncc2c1. The summed E-state index contributed by atoms with van der Waals surface area (Å²) >= 11 is 0. The molecule has 0 saturated carbocycles. The lowest BCUT2D eigenvalue weighted by Crippen LogP contribution is -2.11. The first-order valence-electron chi connectivity index (χ1n) is 7.12. The first kappa shape index (κ1) is 11.5. The number of benzene rings is 2. The predicted octanol–water partition coefficient (Wildman–Crippen LogP) is 4.26. The summed E-state index contributed by atoms with van der Waals surface area (Å²) in [5, 5.41) is 5.93. The summed E-state index contributed by atoms with van der Waals surface area (Å²) in [5.74, 6) is 0. The van der Waals surface area contributed by atoms with Crippen molar-refractivity contribution in [3.8, 4) is 11.1 Å². The molecule has 1 aliphatic heterocycles. The Labute approximate surface area is 118 Å². The van der Waals surface area contributed by atoms with Crippen LogP contribution in [0.2, 0.25) is 0 Å². The van der Waals surface area contributed by atoms with Crippen LogP contribution in [-0.2, 0) is 6.42 Å². The minimum atomic E-state index is 1.09. The Hall–Kier alpha value is -2.35. The van der Waals surface area contributed by atoms with Crippen LogP contribution in [0.1, 0.15) is 12.0 Å². The normalized spacial score (nSPS) is 13.8. The second kappa shape index (κ2) is 4.64. The highest BCUT2D eigenvalue weighted by atomic mass is 14.9. The van der Waals surface area contributed by atoms with Crippen LogP contribution >= 0.6 is 0 Å². The van der Waals surface area contributed by atoms with Gasteiger partial charge in [-0.3, -0.25) is 4.98 Å². The molecule has 2 heteroatoms. The summed E-state index contributed by atoms with van der Waals surface area (Å²) < 4.78 is 0. The van der Waals surface area contributed by atoms with Gasteiger partial charge >= 0.3 is 0 Å². The highest BCUT2D eigenvalue weighted by Crippen LogP contribution is 2.32. The fourth-order valence-corrected chi connectivity index (χ4v) is 3.02. The molecule has 0 atom stereocenters. The first-order chi connectivity index (χ1) is 9.92. The summed E-state index contributed by atoms with van der Waals surface area (Å²) in [6.07, 6.45) is 6.18. The van der Waals surface area contributed by atoms with Crippen LogP contribution in [0.5, 0.6) is 0 Å². The van der Waals surface area contributed by atoms with E-state index in [0.717, 1.165) is 6.54 Å². The van der Waals surface area contributed by atoms with E-state index in [1.807, 2.05) is 12.4 Å². The predicted molar refractivity (Wildman–Crippen MR) is 84.0 cm³/mol. The van der Waals surface area contributed by atoms with Crippen LogP contribution in [0.4, 0.5) is 5.69 Å². The van der Waals surface area contributed by atoms with E-state index in [2.05, 4.69) is 52.8 Å². The van der Waals surface area contributed by atoms with Crippen molar-refractivity contribution >= 4 is 16.5 Å². The zero-order valence-corrected chi connectivity index (χ0v) is 11.3. The number of hydrogen-bond acceptors (Lipinski definition) is 2. The number of aromatic nitrogens is 1. The molecule has 0 unspecified atom stereocenters. The molecule has 0 amide bonds. The van der Waals surface area contributed by atoms with E-state index in [-0.39, 0.29) is 0 Å². The minimum absolute atomic E-state index is 1.09. The van der Waals surface area contributed by atoms with Gasteiger partial charge in [0.05, 0.1) is 0 Å². The van der Waals surface area contributed by atoms with Crippen LogP contribution in [-0.4, -0.2) is 11.5 Å². The molecule has 1 aromatic heterocycles. The van der Waals surface area contributed by atoms with E-state index in [1.54, 1.807) is 0 Å². The summed E-state index contributed by atoms with van der Waals surface area (Å²) in [6.45, 7) is 1.09. The minimum Gasteiger partial charge on any atom is -0.385 e. The molecule has 3 aromatic rings. The quantitative estimate of drug-likeness (QED) is 0.707. The van der Waals surface area contributed by atoms with Crippen LogP contribution < -0.4 is 5.32 Å². The molecule has 0 bridgehead atoms. The number of aryl methyl sites for hydroxylation is 1. The third kappa shape index (κ3) is 1.85. The van der Waals surface area contributed by atoms with Gasteiger partial charge in [0, 0.05) is 30.0 Å². The number of rotatable bonds is 1. The van der Waals surface area contributed by atoms with Crippen molar-refractivity contribution in [1.29, 1.82) is 0 Å². The molecule has 2 aromatic carbocycles. The van der Waals surface area contributed by atoms with Crippen molar-refractivity contribution in [2.45, 2.75) is 12.8 Å². The Morgan fingerprint density at radius 3 is 3.05 bits per heavy atom. The lowest BCUT2D eigenvalue weighted by atomic mass is 9.95. The maximum absolute atomic E-state index is 4.21. The monoisotopic (exact) mass is 260 g/mol. The van der Waals surface area contributed by atoms with Crippen LogP contribution in [0.3, 0.4) is 0 Å². The maximum Gasteiger partial charge on any atom is 0.0373 e. The van der Waals surface area contributed by atoms with Gasteiger partial charge < -0.3 is 5.32 Å². The van der Waals surface area contributed by atoms with Gasteiger partial charge in [0.25, 0.3) is 0 Å². The van der Waals surface area contributed by atoms with Crippen LogP contribution in [0.25, 0.3) is 21.9 Å². The zero-order chi connectivity index (χ0) is 13.4. The smallest absolute Gasteiger partial charge is 0.0373 e. The van der Waals surface area contributed by atoms with Gasteiger partial charge in [-0.1, -0.05) is 24.3 Å². The third-order valence-corrected chi connectivity index (χ3v) is 4.04. The molecule has 0 saturated heterocycles. The summed E-state index contributed by atoms with van der Waals surface area (Å²) in [4.78, 5) is 4.21. The Balaban J connectivity index is 1.91. The second-order valence-electron chi connectivity index (χ2n) is 5.30. The van der Waals surface area contributed by atoms with Crippen molar-refractivity contribution in [2.75, 3.05) is 11.9 Å². The van der Waals surface area contributed by atoms with Gasteiger partial charge in [-0.05, 0) is 53.1 Å². The Kier molecular flexibility index (Phi) is 2.66. The van der Waals surface area contributed by atoms with E-state index in [1.165, 1.54) is 46.0 Å². The van der Waals surface area contributed by atoms with Gasteiger partial charge in [-0.2, -0.15) is 0 Å². The average molecular weight is 260 g/mol. The second-order valence-corrected chi connectivity index (χ2v) is 5.30. The van der Waals surface area contributed by atoms with Crippen molar-refractivity contribution in [3.63, 3.8) is 0 Å². The molecular weight excluding hydrogens is 244 g/mol. The molecule has 98 valence electrons. The third-order valence-electron chi connectivity index (χ3n) is 4.04. The molecule has 2 heterocycles. The topological polar surface area (TPSA) is 24.9 Å². The van der Waals surface area contributed by atoms with E-state index in [4.69, 9.17) is 0 Å². The summed E-state index contributed by atoms with van der Waals surface area (Å²) in [7, 11) is 0. The Morgan fingerprint density at radius 1 is 1.05 bits per heavy atom. The molecule has 1 N–H and O–H groups in total. The van der Waals surface area contributed by atoms with Gasteiger partial charge in [0.2, 0.25) is 0 Å². The average Bonchev–Trinajstić information content (AvgIpc) is 2.54. The molecular formula is C18H16N2. The van der Waals surface area contributed by atoms with Gasteiger partial charge in [-0.15, -0.1) is 0 Å². The summed E-state index contributed by atoms with van der Waals surface area (Å²) in [5.41, 5.74) is 5.31. The first-order valence-corrected chi connectivity index (χ1v) is 7.12. The Morgan fingerprint density at radius 2 is 2.05 bits per heavy atom. The van der Waals surface area contributed by atoms with E-state index in [9.17, 15) is 0 Å². The molecule has 2 nitrogen and oxygen atoms in total. The van der Waals surface area contributed by atoms with Crippen molar-refractivity contribution < 1.29 is 0 Å². The molecule has 0 aliphatic carbocycles. The molecule has 4 rings (SSSR count). The highest BCUT2D eigenvalue weighted by molar-refractivity contribution is 5.96. The zero-order valence-electron chi connectivity index (χ0n) is 11.3. The maximum atomic E-state index is 4.21. The van der Waals surface area contributed by atoms with Crippen molar-refractivity contribution in [1.82, 2.24) is 4.98 Å². The van der Waals surface area contributed by atoms with Crippen molar-refractivity contribution in [3.05, 3.63) is 60.4 Å². The number of nitrogens with one attached hydrogen (secondary N) is 1. The van der Waals surface area contributed by atoms with E-state index in [0.29, 0.717) is 0 Å². The van der Waals surface area contributed by atoms with Crippen molar-refractivity contribution in [2.24, 2.45) is 0 Å². The number of nitrogens with zero attached hydrogens (tertiary/aromatic N) is 1. The fraction of sp³-hybridized carbons (Fsp3) is 0.167. The van der Waals surface area contributed by atoms with Gasteiger partial charge in [0.15, 0.2) is 0 Å². The van der Waals surface area contributed by atoms with Crippen LogP contribution in [0.15, 0.2) is 54.9 Å². The number of anilines is 1. The van der Waals surface area contributed by atoms with Gasteiger partial charge in [0.1, 0.15) is 0 Å². The number of pyridine rings is 1. The number of hydrogen-bond donors (Lipinski definition) is 1. The van der Waals surface area contributed by atoms with E-state index >= 15 is 0 Å². The lowest BCUT2D eigenvalue weighted by Gasteiger charge is -2.19. The van der Waals surface area contributed by atoms with Gasteiger partial charge in [-0.25, -0.2) is 0 Å². The molecule has 20 heavy (non-hydrogen) atoms. The number of fused-ring (bicyclic) bond motifs is 2. The lowest BCUT2D eigenvalue weighted by molar-refractivity contribution is 0.831. The molecule has 0 spiro atoms. The molecule has 0 fully saturated rings. The molecule has 1 aliphatic rings. The summed E-state index contributed by atoms with van der Waals surface area (Å²) in [6, 6.07) is 15.3.